The molecule has 0 aromatic heterocycles. The summed E-state index contributed by atoms with van der Waals surface area (Å²) in [6.07, 6.45) is 1.70. The molecule has 0 heterocycles. The lowest BCUT2D eigenvalue weighted by atomic mass is 10.2. The molecule has 15 heavy (non-hydrogen) atoms. The van der Waals surface area contributed by atoms with Gasteiger partial charge in [-0.15, -0.1) is 0 Å². The van der Waals surface area contributed by atoms with Gasteiger partial charge in [-0.3, -0.25) is 5.73 Å². The second-order valence-corrected chi connectivity index (χ2v) is 5.52. The molecule has 0 aliphatic heterocycles. The van der Waals surface area contributed by atoms with Gasteiger partial charge in [0, 0.05) is 0 Å². The molecule has 1 rings (SSSR count). The Morgan fingerprint density at radius 2 is 1.87 bits per heavy atom. The highest BCUT2D eigenvalue weighted by atomic mass is 32.2. The van der Waals surface area contributed by atoms with E-state index in [9.17, 15) is 8.42 Å². The summed E-state index contributed by atoms with van der Waals surface area (Å²) in [5, 5.41) is 0.163. The lowest BCUT2D eigenvalue weighted by Crippen LogP contribution is -2.77. The maximum absolute atomic E-state index is 11.7. The molecule has 0 saturated carbocycles. The maximum atomic E-state index is 11.7. The van der Waals surface area contributed by atoms with Crippen LogP contribution in [0.4, 0.5) is 0 Å². The Kier molecular flexibility index (Phi) is 3.76. The summed E-state index contributed by atoms with van der Waals surface area (Å²) >= 11 is 1.15. The number of thioether (sulfide) groups is 1. The van der Waals surface area contributed by atoms with Crippen LogP contribution in [0.2, 0.25) is 0 Å². The van der Waals surface area contributed by atoms with Crippen LogP contribution in [0.15, 0.2) is 29.2 Å². The second-order valence-electron chi connectivity index (χ2n) is 2.99. The summed E-state index contributed by atoms with van der Waals surface area (Å²) in [4.78, 5) is 0.213. The van der Waals surface area contributed by atoms with Crippen LogP contribution in [-0.2, 0) is 10.0 Å². The molecular weight excluding hydrogens is 232 g/mol. The Morgan fingerprint density at radius 1 is 1.33 bits per heavy atom. The van der Waals surface area contributed by atoms with Gasteiger partial charge >= 0.3 is 15.2 Å². The van der Waals surface area contributed by atoms with Gasteiger partial charge in [0.25, 0.3) is 0 Å². The van der Waals surface area contributed by atoms with Crippen molar-refractivity contribution in [3.05, 3.63) is 29.8 Å². The smallest absolute Gasteiger partial charge is 0.281 e. The highest BCUT2D eigenvalue weighted by Crippen LogP contribution is 2.06. The van der Waals surface area contributed by atoms with Gasteiger partial charge in [-0.1, -0.05) is 17.7 Å². The average Bonchev–Trinajstić information content (AvgIpc) is 2.17. The zero-order chi connectivity index (χ0) is 11.5. The van der Waals surface area contributed by atoms with Crippen molar-refractivity contribution >= 4 is 27.0 Å². The molecular formula is C9H13N2O2S2+. The minimum atomic E-state index is -3.52. The molecule has 3 N–H and O–H groups in total. The molecule has 0 bridgehead atoms. The van der Waals surface area contributed by atoms with Gasteiger partial charge in [0.2, 0.25) is 0 Å². The maximum Gasteiger partial charge on any atom is 0.329 e. The van der Waals surface area contributed by atoms with E-state index in [1.165, 1.54) is 0 Å². The number of hydrogen-bond acceptors (Lipinski definition) is 3. The van der Waals surface area contributed by atoms with Gasteiger partial charge in [0.15, 0.2) is 0 Å². The first-order valence-corrected chi connectivity index (χ1v) is 6.92. The summed E-state index contributed by atoms with van der Waals surface area (Å²) in [5.74, 6) is 0. The SMILES string of the molecule is CSC(N)=[NH+]S(=O)(=O)c1ccc(C)cc1. The van der Waals surface area contributed by atoms with Crippen LogP contribution >= 0.6 is 11.8 Å². The number of nitrogens with two attached hydrogens (primary N) is 1. The van der Waals surface area contributed by atoms with Crippen molar-refractivity contribution in [1.82, 2.24) is 0 Å². The van der Waals surface area contributed by atoms with E-state index in [0.29, 0.717) is 0 Å². The molecule has 0 saturated heterocycles. The molecule has 0 radical (unpaired) electrons. The van der Waals surface area contributed by atoms with Gasteiger partial charge < -0.3 is 0 Å². The number of amidine groups is 1. The fourth-order valence-corrected chi connectivity index (χ4v) is 2.49. The third-order valence-corrected chi connectivity index (χ3v) is 3.84. The van der Waals surface area contributed by atoms with Crippen molar-refractivity contribution in [2.45, 2.75) is 11.8 Å². The van der Waals surface area contributed by atoms with E-state index in [2.05, 4.69) is 4.40 Å². The van der Waals surface area contributed by atoms with Crippen molar-refractivity contribution < 1.29 is 12.8 Å². The number of benzene rings is 1. The lowest BCUT2D eigenvalue weighted by molar-refractivity contribution is -0.264. The summed E-state index contributed by atoms with van der Waals surface area (Å²) in [7, 11) is -3.52. The quantitative estimate of drug-likeness (QED) is 0.541. The molecule has 6 heteroatoms. The first kappa shape index (κ1) is 12.1. The van der Waals surface area contributed by atoms with E-state index < -0.39 is 10.0 Å². The first-order valence-electron chi connectivity index (χ1n) is 4.21. The van der Waals surface area contributed by atoms with Gasteiger partial charge in [0.05, 0.1) is 0 Å². The molecule has 0 amide bonds. The van der Waals surface area contributed by atoms with Gasteiger partial charge in [-0.25, -0.2) is 0 Å². The zero-order valence-electron chi connectivity index (χ0n) is 8.52. The highest BCUT2D eigenvalue weighted by Gasteiger charge is 2.15. The zero-order valence-corrected chi connectivity index (χ0v) is 10.2. The van der Waals surface area contributed by atoms with Crippen LogP contribution in [0, 0.1) is 6.92 Å². The van der Waals surface area contributed by atoms with Crippen molar-refractivity contribution in [3.8, 4) is 0 Å². The summed E-state index contributed by atoms with van der Waals surface area (Å²) in [6, 6.07) is 6.57. The normalized spacial score (nSPS) is 12.8. The molecule has 0 atom stereocenters. The van der Waals surface area contributed by atoms with E-state index in [-0.39, 0.29) is 10.1 Å². The predicted molar refractivity (Wildman–Crippen MR) is 62.0 cm³/mol. The van der Waals surface area contributed by atoms with E-state index in [4.69, 9.17) is 5.73 Å². The minimum absolute atomic E-state index is 0.163. The number of hydrogen-bond donors (Lipinski definition) is 2. The molecule has 1 aromatic carbocycles. The third kappa shape index (κ3) is 3.24. The Hall–Kier alpha value is -1.01. The largest absolute Gasteiger partial charge is 0.329 e. The topological polar surface area (TPSA) is 74.1 Å². The molecule has 0 aliphatic rings. The molecule has 82 valence electrons. The van der Waals surface area contributed by atoms with Crippen LogP contribution in [0.5, 0.6) is 0 Å². The molecule has 0 fully saturated rings. The van der Waals surface area contributed by atoms with Crippen molar-refractivity contribution in [3.63, 3.8) is 0 Å². The number of nitrogens with one attached hydrogen (secondary N) is 1. The molecule has 4 nitrogen and oxygen atoms in total. The molecule has 0 unspecified atom stereocenters. The van der Waals surface area contributed by atoms with Gasteiger partial charge in [0.1, 0.15) is 4.90 Å². The lowest BCUT2D eigenvalue weighted by Gasteiger charge is -1.97. The van der Waals surface area contributed by atoms with Crippen LogP contribution in [0.3, 0.4) is 0 Å². The molecule has 1 aromatic rings. The average molecular weight is 245 g/mol. The third-order valence-electron chi connectivity index (χ3n) is 1.79. The molecule has 0 aliphatic carbocycles. The van der Waals surface area contributed by atoms with Crippen LogP contribution in [-0.4, -0.2) is 19.8 Å². The van der Waals surface area contributed by atoms with E-state index in [1.54, 1.807) is 30.5 Å². The predicted octanol–water partition coefficient (Wildman–Crippen LogP) is -0.558. The fourth-order valence-electron chi connectivity index (χ4n) is 0.950. The van der Waals surface area contributed by atoms with Gasteiger partial charge in [-0.2, -0.15) is 12.8 Å². The van der Waals surface area contributed by atoms with E-state index in [1.807, 2.05) is 6.92 Å². The number of rotatable bonds is 2. The fraction of sp³-hybridized carbons (Fsp3) is 0.222. The Bertz CT molecular complexity index is 463. The molecule has 0 spiro atoms. The first-order chi connectivity index (χ1) is 6.95. The van der Waals surface area contributed by atoms with Crippen LogP contribution < -0.4 is 10.1 Å². The van der Waals surface area contributed by atoms with Crippen LogP contribution in [0.25, 0.3) is 0 Å². The van der Waals surface area contributed by atoms with Crippen molar-refractivity contribution in [2.75, 3.05) is 6.26 Å². The number of sulfonamides is 1. The van der Waals surface area contributed by atoms with Crippen LogP contribution in [0.1, 0.15) is 5.56 Å². The second kappa shape index (κ2) is 4.67. The number of aryl methyl sites for hydroxylation is 1. The highest BCUT2D eigenvalue weighted by molar-refractivity contribution is 8.13. The van der Waals surface area contributed by atoms with Crippen molar-refractivity contribution in [2.24, 2.45) is 5.73 Å². The standard InChI is InChI=1S/C9H12N2O2S2/c1-7-3-5-8(6-4-7)15(12,13)11-9(10)14-2/h3-6H,1-2H3,(H2,10,11)/p+1. The van der Waals surface area contributed by atoms with E-state index in [0.717, 1.165) is 17.3 Å². The van der Waals surface area contributed by atoms with Crippen molar-refractivity contribution in [1.29, 1.82) is 0 Å². The Morgan fingerprint density at radius 3 is 2.33 bits per heavy atom. The summed E-state index contributed by atoms with van der Waals surface area (Å²) in [6.45, 7) is 1.90. The minimum Gasteiger partial charge on any atom is -0.281 e. The van der Waals surface area contributed by atoms with E-state index >= 15 is 0 Å². The summed E-state index contributed by atoms with van der Waals surface area (Å²) in [5.41, 5.74) is 6.43. The Balaban J connectivity index is 3.13. The Labute approximate surface area is 93.6 Å². The van der Waals surface area contributed by atoms with Gasteiger partial charge in [-0.05, 0) is 37.1 Å². The monoisotopic (exact) mass is 245 g/mol. The summed E-state index contributed by atoms with van der Waals surface area (Å²) < 4.78 is 25.6.